The Bertz CT molecular complexity index is 896. The van der Waals surface area contributed by atoms with Crippen molar-refractivity contribution in [2.24, 2.45) is 21.9 Å². The monoisotopic (exact) mass is 398 g/mol. The summed E-state index contributed by atoms with van der Waals surface area (Å²) in [6.07, 6.45) is 3.81. The number of carbonyl (C=O) groups is 1. The number of nitrogens with zero attached hydrogens (tertiary/aromatic N) is 6. The predicted octanol–water partition coefficient (Wildman–Crippen LogP) is 2.14. The molecule has 10 heteroatoms. The molecule has 0 saturated carbocycles. The molecule has 2 rings (SSSR count). The van der Waals surface area contributed by atoms with Gasteiger partial charge in [0.25, 0.3) is 0 Å². The number of anilines is 1. The second-order valence-corrected chi connectivity index (χ2v) is 6.23. The molecule has 0 aliphatic carbocycles. The van der Waals surface area contributed by atoms with Crippen molar-refractivity contribution in [1.82, 2.24) is 15.0 Å². The van der Waals surface area contributed by atoms with E-state index in [4.69, 9.17) is 16.4 Å². The summed E-state index contributed by atoms with van der Waals surface area (Å²) in [4.78, 5) is 20.4. The first-order valence-corrected chi connectivity index (χ1v) is 9.02. The summed E-state index contributed by atoms with van der Waals surface area (Å²) in [6.45, 7) is 5.75. The lowest BCUT2D eigenvalue weighted by Gasteiger charge is -2.24. The molecule has 0 unspecified atom stereocenters. The molecule has 29 heavy (non-hydrogen) atoms. The molecular formula is C19H26N8O2. The number of rotatable bonds is 6. The first kappa shape index (κ1) is 21.9. The van der Waals surface area contributed by atoms with Crippen LogP contribution < -0.4 is 16.7 Å². The molecule has 1 heterocycles. The molecule has 0 aliphatic rings. The van der Waals surface area contributed by atoms with Gasteiger partial charge in [-0.05, 0) is 31.5 Å². The molecule has 2 aromatic rings. The number of aromatic nitrogens is 2. The number of hydrogen-bond acceptors (Lipinski definition) is 8. The normalized spacial score (nSPS) is 11.9. The van der Waals surface area contributed by atoms with Gasteiger partial charge in [-0.1, -0.05) is 19.1 Å². The maximum Gasteiger partial charge on any atom is 0.352 e. The van der Waals surface area contributed by atoms with Crippen LogP contribution in [0.25, 0.3) is 0 Å². The minimum atomic E-state index is -0.552. The molecule has 4 N–H and O–H groups in total. The van der Waals surface area contributed by atoms with E-state index in [2.05, 4.69) is 20.2 Å². The topological polar surface area (TPSA) is 135 Å². The van der Waals surface area contributed by atoms with E-state index in [0.29, 0.717) is 29.5 Å². The van der Waals surface area contributed by atoms with Gasteiger partial charge in [-0.3, -0.25) is 5.01 Å². The predicted molar refractivity (Wildman–Crippen MR) is 112 cm³/mol. The molecular weight excluding hydrogens is 372 g/mol. The molecule has 0 atom stereocenters. The van der Waals surface area contributed by atoms with Crippen LogP contribution in [0, 0.1) is 6.92 Å². The molecule has 0 saturated heterocycles. The number of nitrogens with two attached hydrogens (primary N) is 2. The highest BCUT2D eigenvalue weighted by Gasteiger charge is 2.19. The fraction of sp³-hybridized carbons (Fsp3) is 0.316. The number of hydrogen-bond donors (Lipinski definition) is 2. The Morgan fingerprint density at radius 2 is 1.86 bits per heavy atom. The number of amides is 2. The van der Waals surface area contributed by atoms with Crippen molar-refractivity contribution in [3.63, 3.8) is 0 Å². The van der Waals surface area contributed by atoms with Gasteiger partial charge in [-0.2, -0.15) is 0 Å². The average molecular weight is 398 g/mol. The summed E-state index contributed by atoms with van der Waals surface area (Å²) < 4.78 is 5.84. The SMILES string of the molecule is CCC(=NN=C(C)c1ncccn1)OCc1c(C)cccc1N(N)C(=O)N(C)N. The van der Waals surface area contributed by atoms with Crippen LogP contribution in [0.4, 0.5) is 10.5 Å². The molecule has 0 fully saturated rings. The molecule has 0 radical (unpaired) electrons. The lowest BCUT2D eigenvalue weighted by atomic mass is 10.1. The Kier molecular flexibility index (Phi) is 7.75. The van der Waals surface area contributed by atoms with Gasteiger partial charge in [0.2, 0.25) is 5.90 Å². The quantitative estimate of drug-likeness (QED) is 0.252. The van der Waals surface area contributed by atoms with Crippen molar-refractivity contribution in [2.45, 2.75) is 33.8 Å². The molecule has 0 bridgehead atoms. The van der Waals surface area contributed by atoms with Crippen molar-refractivity contribution in [3.05, 3.63) is 53.6 Å². The Labute approximate surface area is 169 Å². The van der Waals surface area contributed by atoms with Crippen LogP contribution in [0.1, 0.15) is 37.2 Å². The van der Waals surface area contributed by atoms with Crippen LogP contribution in [0.15, 0.2) is 46.9 Å². The summed E-state index contributed by atoms with van der Waals surface area (Å²) in [6, 6.07) is 6.62. The summed E-state index contributed by atoms with van der Waals surface area (Å²) in [5.74, 6) is 12.4. The van der Waals surface area contributed by atoms with Crippen LogP contribution in [-0.2, 0) is 11.3 Å². The van der Waals surface area contributed by atoms with E-state index >= 15 is 0 Å². The number of hydrazine groups is 2. The van der Waals surface area contributed by atoms with Crippen LogP contribution >= 0.6 is 0 Å². The summed E-state index contributed by atoms with van der Waals surface area (Å²) >= 11 is 0. The van der Waals surface area contributed by atoms with Crippen molar-refractivity contribution in [2.75, 3.05) is 12.1 Å². The van der Waals surface area contributed by atoms with Gasteiger partial charge in [-0.25, -0.2) is 31.5 Å². The third kappa shape index (κ3) is 5.80. The lowest BCUT2D eigenvalue weighted by Crippen LogP contribution is -2.49. The van der Waals surface area contributed by atoms with Gasteiger partial charge in [0, 0.05) is 31.4 Å². The van der Waals surface area contributed by atoms with Gasteiger partial charge in [0.15, 0.2) is 5.82 Å². The first-order chi connectivity index (χ1) is 13.8. The smallest absolute Gasteiger partial charge is 0.352 e. The Balaban J connectivity index is 2.20. The fourth-order valence-electron chi connectivity index (χ4n) is 2.39. The second-order valence-electron chi connectivity index (χ2n) is 6.23. The first-order valence-electron chi connectivity index (χ1n) is 9.02. The van der Waals surface area contributed by atoms with E-state index in [1.807, 2.05) is 19.9 Å². The van der Waals surface area contributed by atoms with Crippen molar-refractivity contribution in [3.8, 4) is 0 Å². The standard InChI is InChI=1S/C19H26N8O2/c1-5-17(25-24-14(3)18-22-10-7-11-23-18)29-12-15-13(2)8-6-9-16(15)27(21)19(28)26(4)20/h6-11H,5,12,20-21H2,1-4H3. The van der Waals surface area contributed by atoms with E-state index in [1.54, 1.807) is 37.5 Å². The van der Waals surface area contributed by atoms with Crippen molar-refractivity contribution in [1.29, 1.82) is 0 Å². The minimum absolute atomic E-state index is 0.167. The number of ether oxygens (including phenoxy) is 1. The zero-order chi connectivity index (χ0) is 21.4. The maximum absolute atomic E-state index is 12.1. The second kappa shape index (κ2) is 10.2. The fourth-order valence-corrected chi connectivity index (χ4v) is 2.39. The van der Waals surface area contributed by atoms with Gasteiger partial charge in [0.1, 0.15) is 12.3 Å². The molecule has 10 nitrogen and oxygen atoms in total. The van der Waals surface area contributed by atoms with Gasteiger partial charge < -0.3 is 4.74 Å². The van der Waals surface area contributed by atoms with E-state index < -0.39 is 6.03 Å². The van der Waals surface area contributed by atoms with E-state index in [0.717, 1.165) is 21.1 Å². The summed E-state index contributed by atoms with van der Waals surface area (Å²) in [7, 11) is 1.42. The molecule has 0 spiro atoms. The molecule has 154 valence electrons. The summed E-state index contributed by atoms with van der Waals surface area (Å²) in [5, 5.41) is 10.2. The van der Waals surface area contributed by atoms with Gasteiger partial charge in [0.05, 0.1) is 5.69 Å². The van der Waals surface area contributed by atoms with Crippen molar-refractivity contribution < 1.29 is 9.53 Å². The third-order valence-corrected chi connectivity index (χ3v) is 4.04. The van der Waals surface area contributed by atoms with E-state index in [-0.39, 0.29) is 6.61 Å². The maximum atomic E-state index is 12.1. The average Bonchev–Trinajstić information content (AvgIpc) is 2.73. The number of benzene rings is 1. The molecule has 2 amide bonds. The highest BCUT2D eigenvalue weighted by atomic mass is 16.5. The third-order valence-electron chi connectivity index (χ3n) is 4.04. The molecule has 1 aromatic carbocycles. The number of aryl methyl sites for hydroxylation is 1. The largest absolute Gasteiger partial charge is 0.475 e. The van der Waals surface area contributed by atoms with Crippen LogP contribution in [0.2, 0.25) is 0 Å². The Morgan fingerprint density at radius 3 is 2.48 bits per heavy atom. The van der Waals surface area contributed by atoms with Crippen LogP contribution in [0.3, 0.4) is 0 Å². The molecule has 0 aliphatic heterocycles. The Morgan fingerprint density at radius 1 is 1.17 bits per heavy atom. The van der Waals surface area contributed by atoms with Crippen LogP contribution in [0.5, 0.6) is 0 Å². The van der Waals surface area contributed by atoms with Gasteiger partial charge in [-0.15, -0.1) is 10.2 Å². The van der Waals surface area contributed by atoms with Gasteiger partial charge >= 0.3 is 6.03 Å². The minimum Gasteiger partial charge on any atom is -0.475 e. The van der Waals surface area contributed by atoms with Crippen molar-refractivity contribution >= 4 is 23.3 Å². The lowest BCUT2D eigenvalue weighted by molar-refractivity contribution is 0.216. The highest BCUT2D eigenvalue weighted by Crippen LogP contribution is 2.23. The van der Waals surface area contributed by atoms with E-state index in [1.165, 1.54) is 7.05 Å². The zero-order valence-electron chi connectivity index (χ0n) is 17.0. The van der Waals surface area contributed by atoms with Crippen LogP contribution in [-0.4, -0.2) is 39.7 Å². The zero-order valence-corrected chi connectivity index (χ0v) is 17.0. The number of carbonyl (C=O) groups excluding carboxylic acids is 1. The molecule has 1 aromatic heterocycles. The number of urea groups is 1. The highest BCUT2D eigenvalue weighted by molar-refractivity contribution is 5.95. The Hall–Kier alpha value is -3.37. The summed E-state index contributed by atoms with van der Waals surface area (Å²) in [5.41, 5.74) is 2.73. The van der Waals surface area contributed by atoms with E-state index in [9.17, 15) is 4.79 Å².